The number of nitrogens with zero attached hydrogens (tertiary/aromatic N) is 2. The molecule has 0 atom stereocenters. The highest BCUT2D eigenvalue weighted by molar-refractivity contribution is 6.05. The lowest BCUT2D eigenvalue weighted by molar-refractivity contribution is 0.102. The van der Waals surface area contributed by atoms with Gasteiger partial charge in [0, 0.05) is 24.8 Å². The van der Waals surface area contributed by atoms with Gasteiger partial charge in [-0.25, -0.2) is 9.37 Å². The van der Waals surface area contributed by atoms with Crippen molar-refractivity contribution in [3.05, 3.63) is 47.9 Å². The third kappa shape index (κ3) is 3.26. The monoisotopic (exact) mass is 315 g/mol. The van der Waals surface area contributed by atoms with Gasteiger partial charge in [0.05, 0.1) is 12.8 Å². The lowest BCUT2D eigenvalue weighted by Gasteiger charge is -2.20. The number of hydrogen-bond donors (Lipinski definition) is 1. The van der Waals surface area contributed by atoms with Crippen LogP contribution in [0.2, 0.25) is 0 Å². The van der Waals surface area contributed by atoms with Crippen molar-refractivity contribution in [3.63, 3.8) is 0 Å². The Labute approximate surface area is 134 Å². The predicted molar refractivity (Wildman–Crippen MR) is 86.6 cm³/mol. The summed E-state index contributed by atoms with van der Waals surface area (Å²) in [6, 6.07) is 7.71. The largest absolute Gasteiger partial charge is 0.494 e. The second-order valence-electron chi connectivity index (χ2n) is 5.37. The van der Waals surface area contributed by atoms with Crippen molar-refractivity contribution in [1.82, 2.24) is 4.98 Å². The minimum absolute atomic E-state index is 0.112. The van der Waals surface area contributed by atoms with E-state index in [1.54, 1.807) is 18.3 Å². The maximum atomic E-state index is 13.7. The number of ether oxygens (including phenoxy) is 1. The van der Waals surface area contributed by atoms with Crippen molar-refractivity contribution in [1.29, 1.82) is 0 Å². The average molecular weight is 315 g/mol. The SMILES string of the molecule is COc1ccc(C(=O)Nc2cccnc2N2CCCC2)cc1F. The van der Waals surface area contributed by atoms with Crippen LogP contribution >= 0.6 is 0 Å². The van der Waals surface area contributed by atoms with Crippen molar-refractivity contribution in [3.8, 4) is 5.75 Å². The van der Waals surface area contributed by atoms with E-state index < -0.39 is 5.82 Å². The number of pyridine rings is 1. The number of aromatic nitrogens is 1. The minimum atomic E-state index is -0.564. The Hall–Kier alpha value is -2.63. The van der Waals surface area contributed by atoms with E-state index in [0.29, 0.717) is 5.69 Å². The number of rotatable bonds is 4. The molecule has 1 aromatic carbocycles. The van der Waals surface area contributed by atoms with Crippen LogP contribution in [-0.4, -0.2) is 31.1 Å². The fourth-order valence-electron chi connectivity index (χ4n) is 2.68. The van der Waals surface area contributed by atoms with Crippen LogP contribution in [0.15, 0.2) is 36.5 Å². The summed E-state index contributed by atoms with van der Waals surface area (Å²) in [7, 11) is 1.39. The molecule has 1 aromatic heterocycles. The summed E-state index contributed by atoms with van der Waals surface area (Å²) in [6.45, 7) is 1.86. The van der Waals surface area contributed by atoms with Gasteiger partial charge < -0.3 is 15.0 Å². The maximum absolute atomic E-state index is 13.7. The summed E-state index contributed by atoms with van der Waals surface area (Å²) < 4.78 is 18.6. The first-order valence-electron chi connectivity index (χ1n) is 7.54. The molecular formula is C17H18FN3O2. The van der Waals surface area contributed by atoms with Gasteiger partial charge in [-0.05, 0) is 43.2 Å². The van der Waals surface area contributed by atoms with Crippen LogP contribution < -0.4 is 15.0 Å². The highest BCUT2D eigenvalue weighted by atomic mass is 19.1. The summed E-state index contributed by atoms with van der Waals surface area (Å²) in [5, 5.41) is 2.82. The van der Waals surface area contributed by atoms with Gasteiger partial charge in [-0.3, -0.25) is 4.79 Å². The van der Waals surface area contributed by atoms with E-state index in [4.69, 9.17) is 4.74 Å². The highest BCUT2D eigenvalue weighted by Gasteiger charge is 2.18. The average Bonchev–Trinajstić information content (AvgIpc) is 3.09. The Morgan fingerprint density at radius 3 is 2.78 bits per heavy atom. The number of methoxy groups -OCH3 is 1. The topological polar surface area (TPSA) is 54.5 Å². The van der Waals surface area contributed by atoms with Crippen molar-refractivity contribution in [2.24, 2.45) is 0 Å². The third-order valence-corrected chi connectivity index (χ3v) is 3.85. The Bertz CT molecular complexity index is 715. The molecule has 2 heterocycles. The Morgan fingerprint density at radius 2 is 2.09 bits per heavy atom. The van der Waals surface area contributed by atoms with E-state index in [9.17, 15) is 9.18 Å². The maximum Gasteiger partial charge on any atom is 0.255 e. The van der Waals surface area contributed by atoms with Crippen molar-refractivity contribution in [2.45, 2.75) is 12.8 Å². The van der Waals surface area contributed by atoms with E-state index in [1.165, 1.54) is 25.3 Å². The molecule has 5 nitrogen and oxygen atoms in total. The van der Waals surface area contributed by atoms with E-state index in [1.807, 2.05) is 0 Å². The van der Waals surface area contributed by atoms with Crippen LogP contribution in [-0.2, 0) is 0 Å². The van der Waals surface area contributed by atoms with Crippen LogP contribution in [0.1, 0.15) is 23.2 Å². The highest BCUT2D eigenvalue weighted by Crippen LogP contribution is 2.27. The minimum Gasteiger partial charge on any atom is -0.494 e. The predicted octanol–water partition coefficient (Wildman–Crippen LogP) is 3.08. The van der Waals surface area contributed by atoms with Crippen molar-refractivity contribution in [2.75, 3.05) is 30.4 Å². The number of carbonyl (C=O) groups is 1. The van der Waals surface area contributed by atoms with E-state index in [-0.39, 0.29) is 17.2 Å². The van der Waals surface area contributed by atoms with Gasteiger partial charge >= 0.3 is 0 Å². The Balaban J connectivity index is 1.81. The van der Waals surface area contributed by atoms with Gasteiger partial charge in [0.15, 0.2) is 17.4 Å². The molecule has 0 radical (unpaired) electrons. The first kappa shape index (κ1) is 15.3. The van der Waals surface area contributed by atoms with Gasteiger partial charge in [0.25, 0.3) is 5.91 Å². The second-order valence-corrected chi connectivity index (χ2v) is 5.37. The molecule has 2 aromatic rings. The molecule has 1 N–H and O–H groups in total. The summed E-state index contributed by atoms with van der Waals surface area (Å²) in [5.74, 6) is -0.0703. The quantitative estimate of drug-likeness (QED) is 0.942. The van der Waals surface area contributed by atoms with Crippen LogP contribution in [0.5, 0.6) is 5.75 Å². The van der Waals surface area contributed by atoms with Crippen LogP contribution in [0, 0.1) is 5.82 Å². The van der Waals surface area contributed by atoms with Crippen molar-refractivity contribution >= 4 is 17.4 Å². The van der Waals surface area contributed by atoms with Gasteiger partial charge in [-0.1, -0.05) is 0 Å². The third-order valence-electron chi connectivity index (χ3n) is 3.85. The fraction of sp³-hybridized carbons (Fsp3) is 0.294. The molecule has 6 heteroatoms. The zero-order valence-corrected chi connectivity index (χ0v) is 12.9. The lowest BCUT2D eigenvalue weighted by atomic mass is 10.2. The van der Waals surface area contributed by atoms with Crippen LogP contribution in [0.4, 0.5) is 15.9 Å². The summed E-state index contributed by atoms with van der Waals surface area (Å²) in [4.78, 5) is 18.9. The second kappa shape index (κ2) is 6.64. The summed E-state index contributed by atoms with van der Waals surface area (Å²) >= 11 is 0. The summed E-state index contributed by atoms with van der Waals surface area (Å²) in [6.07, 6.45) is 3.94. The lowest BCUT2D eigenvalue weighted by Crippen LogP contribution is -2.22. The van der Waals surface area contributed by atoms with E-state index >= 15 is 0 Å². The molecule has 1 amide bonds. The molecule has 1 aliphatic rings. The first-order valence-corrected chi connectivity index (χ1v) is 7.54. The first-order chi connectivity index (χ1) is 11.2. The number of nitrogens with one attached hydrogen (secondary N) is 1. The summed E-state index contributed by atoms with van der Waals surface area (Å²) in [5.41, 5.74) is 0.871. The number of hydrogen-bond acceptors (Lipinski definition) is 4. The van der Waals surface area contributed by atoms with E-state index in [0.717, 1.165) is 31.7 Å². The molecule has 3 rings (SSSR count). The Kier molecular flexibility index (Phi) is 4.41. The Morgan fingerprint density at radius 1 is 1.30 bits per heavy atom. The van der Waals surface area contributed by atoms with Gasteiger partial charge in [0.2, 0.25) is 0 Å². The number of amides is 1. The zero-order valence-electron chi connectivity index (χ0n) is 12.9. The van der Waals surface area contributed by atoms with Crippen molar-refractivity contribution < 1.29 is 13.9 Å². The number of carbonyl (C=O) groups excluding carboxylic acids is 1. The molecule has 1 aliphatic heterocycles. The molecule has 0 saturated carbocycles. The number of benzene rings is 1. The smallest absolute Gasteiger partial charge is 0.255 e. The van der Waals surface area contributed by atoms with Gasteiger partial charge in [-0.15, -0.1) is 0 Å². The standard InChI is InChI=1S/C17H18FN3O2/c1-23-15-7-6-12(11-13(15)18)17(22)20-14-5-4-8-19-16(14)21-9-2-3-10-21/h4-8,11H,2-3,9-10H2,1H3,(H,20,22). The van der Waals surface area contributed by atoms with Crippen LogP contribution in [0.3, 0.4) is 0 Å². The van der Waals surface area contributed by atoms with Gasteiger partial charge in [0.1, 0.15) is 0 Å². The normalized spacial score (nSPS) is 13.9. The molecule has 0 spiro atoms. The molecule has 120 valence electrons. The van der Waals surface area contributed by atoms with Crippen LogP contribution in [0.25, 0.3) is 0 Å². The molecule has 23 heavy (non-hydrogen) atoms. The van der Waals surface area contributed by atoms with Gasteiger partial charge in [-0.2, -0.15) is 0 Å². The molecular weight excluding hydrogens is 297 g/mol. The molecule has 1 fully saturated rings. The molecule has 0 unspecified atom stereocenters. The number of halogens is 1. The fourth-order valence-corrected chi connectivity index (χ4v) is 2.68. The molecule has 1 saturated heterocycles. The van der Waals surface area contributed by atoms with E-state index in [2.05, 4.69) is 15.2 Å². The molecule has 0 bridgehead atoms. The number of anilines is 2. The molecule has 0 aliphatic carbocycles. The zero-order chi connectivity index (χ0) is 16.2.